The van der Waals surface area contributed by atoms with Gasteiger partial charge in [0.05, 0.1) is 22.8 Å². The van der Waals surface area contributed by atoms with Gasteiger partial charge in [-0.25, -0.2) is 0 Å². The largest absolute Gasteiger partial charge is 0.339 e. The van der Waals surface area contributed by atoms with E-state index in [-0.39, 0.29) is 22.9 Å². The number of hydrogen-bond acceptors (Lipinski definition) is 6. The molecule has 7 heteroatoms. The second kappa shape index (κ2) is 4.38. The molecule has 1 aromatic carbocycles. The van der Waals surface area contributed by atoms with Crippen LogP contribution in [0.1, 0.15) is 25.7 Å². The van der Waals surface area contributed by atoms with Crippen LogP contribution >= 0.6 is 0 Å². The van der Waals surface area contributed by atoms with Crippen molar-refractivity contribution in [2.24, 2.45) is 11.3 Å². The van der Waals surface area contributed by atoms with Crippen molar-refractivity contribution in [3.05, 3.63) is 40.3 Å². The molecule has 1 aliphatic rings. The Bertz CT molecular complexity index is 760. The highest BCUT2D eigenvalue weighted by atomic mass is 16.6. The number of nitro benzene ring substituents is 1. The predicted octanol–water partition coefficient (Wildman–Crippen LogP) is 2.91. The van der Waals surface area contributed by atoms with E-state index >= 15 is 0 Å². The van der Waals surface area contributed by atoms with Crippen LogP contribution in [0.15, 0.2) is 28.8 Å². The van der Waals surface area contributed by atoms with Gasteiger partial charge in [-0.05, 0) is 5.41 Å². The Morgan fingerprint density at radius 2 is 2.24 bits per heavy atom. The second-order valence-electron chi connectivity index (χ2n) is 5.67. The summed E-state index contributed by atoms with van der Waals surface area (Å²) in [6, 6.07) is 8.29. The Hall–Kier alpha value is -2.75. The van der Waals surface area contributed by atoms with Crippen molar-refractivity contribution < 1.29 is 9.45 Å². The Labute approximate surface area is 120 Å². The molecule has 2 aromatic rings. The number of aromatic nitrogens is 2. The van der Waals surface area contributed by atoms with Crippen molar-refractivity contribution in [1.82, 2.24) is 10.1 Å². The number of non-ortho nitro benzene ring substituents is 1. The molecule has 0 radical (unpaired) electrons. The van der Waals surface area contributed by atoms with Gasteiger partial charge in [-0.1, -0.05) is 31.1 Å². The lowest BCUT2D eigenvalue weighted by Crippen LogP contribution is -1.91. The number of hydrogen-bond donors (Lipinski definition) is 0. The van der Waals surface area contributed by atoms with E-state index in [1.54, 1.807) is 12.1 Å². The molecule has 0 spiro atoms. The van der Waals surface area contributed by atoms with Crippen LogP contribution in [-0.4, -0.2) is 15.1 Å². The standard InChI is InChI=1S/C14H12N4O3/c1-14(2)10(7-15)11(14)13-16-12(17-21-13)8-4-3-5-9(6-8)18(19)20/h3-6,10-11H,1-2H3. The fourth-order valence-corrected chi connectivity index (χ4v) is 2.58. The first kappa shape index (κ1) is 13.2. The van der Waals surface area contributed by atoms with Crippen LogP contribution in [0.25, 0.3) is 11.4 Å². The van der Waals surface area contributed by atoms with E-state index in [9.17, 15) is 10.1 Å². The van der Waals surface area contributed by atoms with E-state index in [1.165, 1.54) is 12.1 Å². The fraction of sp³-hybridized carbons (Fsp3) is 0.357. The average Bonchev–Trinajstić information content (AvgIpc) is 2.82. The van der Waals surface area contributed by atoms with Crippen LogP contribution in [-0.2, 0) is 0 Å². The Balaban J connectivity index is 1.92. The maximum Gasteiger partial charge on any atom is 0.270 e. The lowest BCUT2D eigenvalue weighted by atomic mass is 10.1. The lowest BCUT2D eigenvalue weighted by Gasteiger charge is -1.95. The molecule has 7 nitrogen and oxygen atoms in total. The molecule has 1 aliphatic carbocycles. The molecule has 1 fully saturated rings. The summed E-state index contributed by atoms with van der Waals surface area (Å²) < 4.78 is 5.23. The number of rotatable bonds is 3. The first-order valence-corrected chi connectivity index (χ1v) is 6.43. The average molecular weight is 284 g/mol. The number of benzene rings is 1. The van der Waals surface area contributed by atoms with Gasteiger partial charge in [0.15, 0.2) is 0 Å². The Morgan fingerprint density at radius 3 is 2.86 bits per heavy atom. The van der Waals surface area contributed by atoms with E-state index in [2.05, 4.69) is 16.2 Å². The Kier molecular flexibility index (Phi) is 2.76. The summed E-state index contributed by atoms with van der Waals surface area (Å²) in [4.78, 5) is 14.6. The van der Waals surface area contributed by atoms with Gasteiger partial charge in [0.1, 0.15) is 0 Å². The van der Waals surface area contributed by atoms with Crippen molar-refractivity contribution in [3.8, 4) is 17.5 Å². The number of nitro groups is 1. The second-order valence-corrected chi connectivity index (χ2v) is 5.67. The van der Waals surface area contributed by atoms with Gasteiger partial charge in [-0.3, -0.25) is 10.1 Å². The van der Waals surface area contributed by atoms with Crippen LogP contribution in [0.2, 0.25) is 0 Å². The van der Waals surface area contributed by atoms with E-state index in [0.29, 0.717) is 17.3 Å². The summed E-state index contributed by atoms with van der Waals surface area (Å²) in [5.74, 6) is 0.486. The quantitative estimate of drug-likeness (QED) is 0.633. The third-order valence-electron chi connectivity index (χ3n) is 3.99. The molecular formula is C14H12N4O3. The van der Waals surface area contributed by atoms with Crippen LogP contribution < -0.4 is 0 Å². The smallest absolute Gasteiger partial charge is 0.270 e. The van der Waals surface area contributed by atoms with E-state index < -0.39 is 4.92 Å². The monoisotopic (exact) mass is 284 g/mol. The number of nitriles is 1. The van der Waals surface area contributed by atoms with E-state index in [1.807, 2.05) is 13.8 Å². The predicted molar refractivity (Wildman–Crippen MR) is 72.0 cm³/mol. The van der Waals surface area contributed by atoms with Gasteiger partial charge in [0.25, 0.3) is 5.69 Å². The number of nitrogens with zero attached hydrogens (tertiary/aromatic N) is 4. The van der Waals surface area contributed by atoms with Crippen LogP contribution in [0.5, 0.6) is 0 Å². The SMILES string of the molecule is CC1(C)C(C#N)C1c1nc(-c2cccc([N+](=O)[O-])c2)no1. The van der Waals surface area contributed by atoms with Gasteiger partial charge in [0, 0.05) is 17.7 Å². The van der Waals surface area contributed by atoms with Gasteiger partial charge in [-0.2, -0.15) is 10.2 Å². The van der Waals surface area contributed by atoms with Gasteiger partial charge >= 0.3 is 0 Å². The van der Waals surface area contributed by atoms with Crippen molar-refractivity contribution in [2.45, 2.75) is 19.8 Å². The summed E-state index contributed by atoms with van der Waals surface area (Å²) in [6.45, 7) is 3.95. The maximum atomic E-state index is 10.8. The van der Waals surface area contributed by atoms with E-state index in [0.717, 1.165) is 0 Å². The highest BCUT2D eigenvalue weighted by Gasteiger charge is 2.62. The molecule has 21 heavy (non-hydrogen) atoms. The minimum atomic E-state index is -0.472. The fourth-order valence-electron chi connectivity index (χ4n) is 2.58. The summed E-state index contributed by atoms with van der Waals surface area (Å²) in [5.41, 5.74) is 0.313. The molecule has 106 valence electrons. The van der Waals surface area contributed by atoms with Gasteiger partial charge < -0.3 is 4.52 Å². The zero-order valence-electron chi connectivity index (χ0n) is 11.5. The molecular weight excluding hydrogens is 272 g/mol. The zero-order chi connectivity index (χ0) is 15.2. The zero-order valence-corrected chi connectivity index (χ0v) is 11.5. The first-order chi connectivity index (χ1) is 9.95. The molecule has 1 saturated carbocycles. The highest BCUT2D eigenvalue weighted by molar-refractivity contribution is 5.58. The van der Waals surface area contributed by atoms with Crippen LogP contribution in [0.3, 0.4) is 0 Å². The molecule has 0 saturated heterocycles. The molecule has 2 atom stereocenters. The Morgan fingerprint density at radius 1 is 1.48 bits per heavy atom. The van der Waals surface area contributed by atoms with Gasteiger partial charge in [0.2, 0.25) is 11.7 Å². The maximum absolute atomic E-state index is 10.8. The minimum absolute atomic E-state index is 0.0273. The van der Waals surface area contributed by atoms with Crippen molar-refractivity contribution in [3.63, 3.8) is 0 Å². The van der Waals surface area contributed by atoms with Crippen LogP contribution in [0, 0.1) is 32.8 Å². The topological polar surface area (TPSA) is 106 Å². The van der Waals surface area contributed by atoms with Crippen LogP contribution in [0.4, 0.5) is 5.69 Å². The molecule has 2 unspecified atom stereocenters. The summed E-state index contributed by atoms with van der Waals surface area (Å²) in [5, 5.41) is 23.7. The molecule has 0 bridgehead atoms. The third-order valence-corrected chi connectivity index (χ3v) is 3.99. The third kappa shape index (κ3) is 2.05. The van der Waals surface area contributed by atoms with Crippen molar-refractivity contribution in [1.29, 1.82) is 5.26 Å². The molecule has 3 rings (SSSR count). The molecule has 0 N–H and O–H groups in total. The lowest BCUT2D eigenvalue weighted by molar-refractivity contribution is -0.384. The van der Waals surface area contributed by atoms with E-state index in [4.69, 9.17) is 9.78 Å². The molecule has 1 aromatic heterocycles. The minimum Gasteiger partial charge on any atom is -0.339 e. The summed E-state index contributed by atoms with van der Waals surface area (Å²) >= 11 is 0. The summed E-state index contributed by atoms with van der Waals surface area (Å²) in [7, 11) is 0. The molecule has 0 amide bonds. The highest BCUT2D eigenvalue weighted by Crippen LogP contribution is 2.63. The molecule has 1 heterocycles. The molecule has 0 aliphatic heterocycles. The van der Waals surface area contributed by atoms with Crippen molar-refractivity contribution >= 4 is 5.69 Å². The van der Waals surface area contributed by atoms with Gasteiger partial charge in [-0.15, -0.1) is 0 Å². The van der Waals surface area contributed by atoms with Crippen molar-refractivity contribution in [2.75, 3.05) is 0 Å². The summed E-state index contributed by atoms with van der Waals surface area (Å²) in [6.07, 6.45) is 0. The normalized spacial score (nSPS) is 22.5. The first-order valence-electron chi connectivity index (χ1n) is 6.43.